The van der Waals surface area contributed by atoms with Crippen molar-refractivity contribution in [3.63, 3.8) is 0 Å². The van der Waals surface area contributed by atoms with E-state index in [0.717, 1.165) is 12.8 Å². The summed E-state index contributed by atoms with van der Waals surface area (Å²) in [5, 5.41) is 0. The lowest BCUT2D eigenvalue weighted by molar-refractivity contribution is 0.156. The molecule has 0 spiro atoms. The molecule has 60 valence electrons. The van der Waals surface area contributed by atoms with Gasteiger partial charge in [0.05, 0.1) is 6.61 Å². The largest absolute Gasteiger partial charge is 0.454 e. The van der Waals surface area contributed by atoms with Crippen LogP contribution in [-0.4, -0.2) is 25.8 Å². The van der Waals surface area contributed by atoms with E-state index in [0.29, 0.717) is 13.2 Å². The van der Waals surface area contributed by atoms with Crippen molar-refractivity contribution in [2.24, 2.45) is 0 Å². The molecule has 0 unspecified atom stereocenters. The van der Waals surface area contributed by atoms with E-state index in [9.17, 15) is 4.79 Å². The summed E-state index contributed by atoms with van der Waals surface area (Å²) < 4.78 is 9.23. The van der Waals surface area contributed by atoms with Gasteiger partial charge < -0.3 is 9.47 Å². The van der Waals surface area contributed by atoms with Crippen LogP contribution in [0.15, 0.2) is 0 Å². The molecule has 0 saturated heterocycles. The highest BCUT2D eigenvalue weighted by Gasteiger charge is 1.93. The summed E-state index contributed by atoms with van der Waals surface area (Å²) in [4.78, 5) is 9.99. The van der Waals surface area contributed by atoms with Crippen LogP contribution in [0, 0.1) is 0 Å². The zero-order valence-corrected chi connectivity index (χ0v) is 6.69. The minimum absolute atomic E-state index is 0.381. The fraction of sp³-hybridized carbons (Fsp3) is 0.833. The number of hydrogen-bond donors (Lipinski definition) is 0. The number of hydrogen-bond acceptors (Lipinski definition) is 3. The van der Waals surface area contributed by atoms with Crippen LogP contribution in [0.4, 0.5) is 4.79 Å². The third kappa shape index (κ3) is 7.72. The molecule has 0 bridgehead atoms. The SMILES string of the molecule is COCCCCOC(=O)Cl. The van der Waals surface area contributed by atoms with Gasteiger partial charge in [-0.3, -0.25) is 0 Å². The molecule has 0 aliphatic carbocycles. The summed E-state index contributed by atoms with van der Waals surface area (Å²) in [5.74, 6) is 0. The summed E-state index contributed by atoms with van der Waals surface area (Å²) in [6.45, 7) is 1.07. The van der Waals surface area contributed by atoms with Crippen LogP contribution in [0.2, 0.25) is 0 Å². The molecule has 0 aromatic carbocycles. The molecule has 10 heavy (non-hydrogen) atoms. The van der Waals surface area contributed by atoms with E-state index >= 15 is 0 Å². The summed E-state index contributed by atoms with van der Waals surface area (Å²) in [7, 11) is 1.63. The van der Waals surface area contributed by atoms with Gasteiger partial charge >= 0.3 is 5.43 Å². The Bertz CT molecular complexity index is 95.0. The summed E-state index contributed by atoms with van der Waals surface area (Å²) in [6, 6.07) is 0. The Labute approximate surface area is 65.3 Å². The molecule has 0 radical (unpaired) electrons. The van der Waals surface area contributed by atoms with E-state index in [1.807, 2.05) is 0 Å². The minimum Gasteiger partial charge on any atom is -0.454 e. The molecule has 0 saturated carbocycles. The van der Waals surface area contributed by atoms with Crippen molar-refractivity contribution >= 4 is 17.0 Å². The molecular weight excluding hydrogens is 156 g/mol. The summed E-state index contributed by atoms with van der Waals surface area (Å²) in [6.07, 6.45) is 1.69. The van der Waals surface area contributed by atoms with Gasteiger partial charge in [0.1, 0.15) is 0 Å². The fourth-order valence-corrected chi connectivity index (χ4v) is 0.578. The average Bonchev–Trinajstić information content (AvgIpc) is 1.87. The maximum atomic E-state index is 9.99. The second-order valence-corrected chi connectivity index (χ2v) is 2.09. The second-order valence-electron chi connectivity index (χ2n) is 1.79. The molecule has 0 aromatic rings. The van der Waals surface area contributed by atoms with E-state index in [1.54, 1.807) is 7.11 Å². The zero-order chi connectivity index (χ0) is 7.82. The van der Waals surface area contributed by atoms with Crippen LogP contribution < -0.4 is 0 Å². The molecule has 0 aliphatic rings. The van der Waals surface area contributed by atoms with Crippen molar-refractivity contribution in [3.05, 3.63) is 0 Å². The van der Waals surface area contributed by atoms with E-state index in [-0.39, 0.29) is 0 Å². The molecule has 0 fully saturated rings. The first-order chi connectivity index (χ1) is 4.77. The topological polar surface area (TPSA) is 35.5 Å². The molecule has 0 rings (SSSR count). The van der Waals surface area contributed by atoms with Crippen LogP contribution in [0.5, 0.6) is 0 Å². The Morgan fingerprint density at radius 1 is 1.40 bits per heavy atom. The van der Waals surface area contributed by atoms with Gasteiger partial charge in [-0.2, -0.15) is 0 Å². The zero-order valence-electron chi connectivity index (χ0n) is 5.93. The van der Waals surface area contributed by atoms with Gasteiger partial charge in [-0.15, -0.1) is 0 Å². The van der Waals surface area contributed by atoms with Gasteiger partial charge in [0.15, 0.2) is 0 Å². The normalized spacial score (nSPS) is 9.40. The van der Waals surface area contributed by atoms with Crippen LogP contribution >= 0.6 is 11.6 Å². The first kappa shape index (κ1) is 9.72. The number of methoxy groups -OCH3 is 1. The molecule has 0 aromatic heterocycles. The second kappa shape index (κ2) is 6.83. The van der Waals surface area contributed by atoms with Crippen LogP contribution in [0.3, 0.4) is 0 Å². The fourth-order valence-electron chi connectivity index (χ4n) is 0.501. The van der Waals surface area contributed by atoms with Gasteiger partial charge in [0.2, 0.25) is 0 Å². The number of halogens is 1. The molecule has 0 heterocycles. The smallest absolute Gasteiger partial charge is 0.403 e. The molecule has 0 atom stereocenters. The van der Waals surface area contributed by atoms with Crippen molar-refractivity contribution in [2.75, 3.05) is 20.3 Å². The van der Waals surface area contributed by atoms with Crippen molar-refractivity contribution < 1.29 is 14.3 Å². The average molecular weight is 167 g/mol. The monoisotopic (exact) mass is 166 g/mol. The summed E-state index contributed by atoms with van der Waals surface area (Å²) in [5.41, 5.74) is -0.739. The molecule has 4 heteroatoms. The lowest BCUT2D eigenvalue weighted by Crippen LogP contribution is -1.98. The number of ether oxygens (including phenoxy) is 2. The Balaban J connectivity index is 2.84. The summed E-state index contributed by atoms with van der Waals surface area (Å²) >= 11 is 4.90. The number of unbranched alkanes of at least 4 members (excludes halogenated alkanes) is 1. The first-order valence-corrected chi connectivity index (χ1v) is 3.46. The Hall–Kier alpha value is -0.280. The molecular formula is C6H11ClO3. The lowest BCUT2D eigenvalue weighted by atomic mass is 10.3. The van der Waals surface area contributed by atoms with Gasteiger partial charge in [0.25, 0.3) is 0 Å². The Morgan fingerprint density at radius 2 is 2.00 bits per heavy atom. The number of carbonyl (C=O) groups is 1. The molecule has 3 nitrogen and oxygen atoms in total. The van der Waals surface area contributed by atoms with Crippen LogP contribution in [0.25, 0.3) is 0 Å². The van der Waals surface area contributed by atoms with E-state index in [4.69, 9.17) is 16.3 Å². The quantitative estimate of drug-likeness (QED) is 0.462. The van der Waals surface area contributed by atoms with E-state index in [1.165, 1.54) is 0 Å². The molecule has 0 amide bonds. The number of rotatable bonds is 5. The predicted molar refractivity (Wildman–Crippen MR) is 38.3 cm³/mol. The van der Waals surface area contributed by atoms with Crippen molar-refractivity contribution in [1.29, 1.82) is 0 Å². The van der Waals surface area contributed by atoms with Crippen LogP contribution in [0.1, 0.15) is 12.8 Å². The molecule has 0 N–H and O–H groups in total. The Kier molecular flexibility index (Phi) is 6.64. The standard InChI is InChI=1S/C6H11ClO3/c1-9-4-2-3-5-10-6(7)8/h2-5H2,1H3. The van der Waals surface area contributed by atoms with Gasteiger partial charge in [-0.05, 0) is 12.8 Å². The third-order valence-corrected chi connectivity index (χ3v) is 1.07. The van der Waals surface area contributed by atoms with Gasteiger partial charge in [-0.25, -0.2) is 4.79 Å². The van der Waals surface area contributed by atoms with E-state index in [2.05, 4.69) is 4.74 Å². The lowest BCUT2D eigenvalue weighted by Gasteiger charge is -1.98. The van der Waals surface area contributed by atoms with Gasteiger partial charge in [0, 0.05) is 25.3 Å². The van der Waals surface area contributed by atoms with Crippen molar-refractivity contribution in [1.82, 2.24) is 0 Å². The highest BCUT2D eigenvalue weighted by atomic mass is 35.5. The van der Waals surface area contributed by atoms with Crippen molar-refractivity contribution in [3.8, 4) is 0 Å². The van der Waals surface area contributed by atoms with E-state index < -0.39 is 5.43 Å². The number of carbonyl (C=O) groups excluding carboxylic acids is 1. The molecule has 0 aliphatic heterocycles. The minimum atomic E-state index is -0.739. The first-order valence-electron chi connectivity index (χ1n) is 3.08. The maximum Gasteiger partial charge on any atom is 0.403 e. The third-order valence-electron chi connectivity index (χ3n) is 0.958. The Morgan fingerprint density at radius 3 is 2.50 bits per heavy atom. The van der Waals surface area contributed by atoms with Crippen molar-refractivity contribution in [2.45, 2.75) is 12.8 Å². The highest BCUT2D eigenvalue weighted by Crippen LogP contribution is 1.93. The van der Waals surface area contributed by atoms with Crippen LogP contribution in [-0.2, 0) is 9.47 Å². The maximum absolute atomic E-state index is 9.99. The predicted octanol–water partition coefficient (Wildman–Crippen LogP) is 1.79. The van der Waals surface area contributed by atoms with Gasteiger partial charge in [-0.1, -0.05) is 0 Å². The highest BCUT2D eigenvalue weighted by molar-refractivity contribution is 6.61.